The molecule has 1 saturated heterocycles. The Morgan fingerprint density at radius 1 is 1.11 bits per heavy atom. The molecule has 0 aromatic carbocycles. The number of carbonyl (C=O) groups excluding carboxylic acids is 2. The fourth-order valence-corrected chi connectivity index (χ4v) is 2.08. The molecule has 0 spiro atoms. The minimum atomic E-state index is -0.404. The van der Waals surface area contributed by atoms with E-state index >= 15 is 0 Å². The van der Waals surface area contributed by atoms with E-state index in [1.165, 1.54) is 0 Å². The first-order valence-electron chi connectivity index (χ1n) is 6.21. The van der Waals surface area contributed by atoms with Gasteiger partial charge in [-0.25, -0.2) is 0 Å². The van der Waals surface area contributed by atoms with Gasteiger partial charge in [0.2, 0.25) is 11.8 Å². The molecule has 5 nitrogen and oxygen atoms in total. The summed E-state index contributed by atoms with van der Waals surface area (Å²) < 4.78 is 0. The number of hydrogen-bond acceptors (Lipinski definition) is 3. The van der Waals surface area contributed by atoms with Crippen molar-refractivity contribution < 1.29 is 9.59 Å². The minimum absolute atomic E-state index is 0. The normalized spacial score (nSPS) is 17.4. The third-order valence-corrected chi connectivity index (χ3v) is 3.08. The van der Waals surface area contributed by atoms with E-state index < -0.39 is 6.04 Å². The highest BCUT2D eigenvalue weighted by Gasteiger charge is 2.26. The smallest absolute Gasteiger partial charge is 0.239 e. The van der Waals surface area contributed by atoms with Crippen LogP contribution in [0.5, 0.6) is 0 Å². The number of halogens is 1. The van der Waals surface area contributed by atoms with Crippen molar-refractivity contribution in [1.82, 2.24) is 9.80 Å². The lowest BCUT2D eigenvalue weighted by Crippen LogP contribution is -2.54. The van der Waals surface area contributed by atoms with E-state index in [2.05, 4.69) is 13.8 Å². The van der Waals surface area contributed by atoms with E-state index in [0.717, 1.165) is 0 Å². The molecule has 6 heteroatoms. The first kappa shape index (κ1) is 17.2. The second-order valence-electron chi connectivity index (χ2n) is 5.07. The van der Waals surface area contributed by atoms with Gasteiger partial charge >= 0.3 is 0 Å². The van der Waals surface area contributed by atoms with Crippen molar-refractivity contribution in [3.63, 3.8) is 0 Å². The summed E-state index contributed by atoms with van der Waals surface area (Å²) in [5.41, 5.74) is 5.87. The molecule has 18 heavy (non-hydrogen) atoms. The van der Waals surface area contributed by atoms with Crippen LogP contribution in [-0.2, 0) is 9.59 Å². The number of hydrogen-bond donors (Lipinski definition) is 1. The summed E-state index contributed by atoms with van der Waals surface area (Å²) in [7, 11) is 0. The van der Waals surface area contributed by atoms with Crippen LogP contribution in [0, 0.1) is 5.92 Å². The van der Waals surface area contributed by atoms with Crippen LogP contribution in [0.1, 0.15) is 27.2 Å². The maximum atomic E-state index is 12.0. The van der Waals surface area contributed by atoms with Crippen LogP contribution in [0.15, 0.2) is 0 Å². The molecule has 1 heterocycles. The van der Waals surface area contributed by atoms with Gasteiger partial charge in [0.1, 0.15) is 0 Å². The molecule has 2 amide bonds. The summed E-state index contributed by atoms with van der Waals surface area (Å²) in [5, 5.41) is 0. The number of amides is 2. The number of nitrogens with two attached hydrogens (primary N) is 1. The van der Waals surface area contributed by atoms with Crippen LogP contribution < -0.4 is 5.73 Å². The Labute approximate surface area is 115 Å². The second kappa shape index (κ2) is 7.59. The summed E-state index contributed by atoms with van der Waals surface area (Å²) in [4.78, 5) is 26.7. The fraction of sp³-hybridized carbons (Fsp3) is 0.833. The van der Waals surface area contributed by atoms with Crippen LogP contribution in [0.3, 0.4) is 0 Å². The van der Waals surface area contributed by atoms with Gasteiger partial charge in [-0.05, 0) is 12.3 Å². The Morgan fingerprint density at radius 2 is 1.56 bits per heavy atom. The van der Waals surface area contributed by atoms with Gasteiger partial charge in [-0.2, -0.15) is 0 Å². The zero-order valence-electron chi connectivity index (χ0n) is 11.4. The Balaban J connectivity index is 0.00000289. The number of piperazine rings is 1. The van der Waals surface area contributed by atoms with Crippen LogP contribution >= 0.6 is 12.4 Å². The SMILES string of the molecule is CC(=O)N1CCN(C(=O)[C@@H](N)CC(C)C)CC1.Cl. The van der Waals surface area contributed by atoms with E-state index in [1.54, 1.807) is 16.7 Å². The predicted molar refractivity (Wildman–Crippen MR) is 73.5 cm³/mol. The van der Waals surface area contributed by atoms with Gasteiger partial charge in [-0.3, -0.25) is 9.59 Å². The van der Waals surface area contributed by atoms with Crippen LogP contribution in [0.4, 0.5) is 0 Å². The molecule has 0 saturated carbocycles. The third-order valence-electron chi connectivity index (χ3n) is 3.08. The number of carbonyl (C=O) groups is 2. The zero-order chi connectivity index (χ0) is 13.0. The van der Waals surface area contributed by atoms with E-state index in [0.29, 0.717) is 38.5 Å². The lowest BCUT2D eigenvalue weighted by atomic mass is 10.0. The van der Waals surface area contributed by atoms with Gasteiger partial charge in [-0.1, -0.05) is 13.8 Å². The molecule has 1 aliphatic rings. The molecule has 0 aliphatic carbocycles. The molecule has 1 atom stereocenters. The number of rotatable bonds is 3. The summed E-state index contributed by atoms with van der Waals surface area (Å²) in [5.74, 6) is 0.512. The standard InChI is InChI=1S/C12H23N3O2.ClH/c1-9(2)8-11(13)12(17)15-6-4-14(5-7-15)10(3)16;/h9,11H,4-8,13H2,1-3H3;1H/t11-;/m0./s1. The summed E-state index contributed by atoms with van der Waals surface area (Å²) in [6.07, 6.45) is 0.714. The maximum Gasteiger partial charge on any atom is 0.239 e. The first-order chi connectivity index (χ1) is 7.91. The first-order valence-corrected chi connectivity index (χ1v) is 6.21. The fourth-order valence-electron chi connectivity index (χ4n) is 2.08. The highest BCUT2D eigenvalue weighted by molar-refractivity contribution is 5.85. The molecule has 106 valence electrons. The largest absolute Gasteiger partial charge is 0.339 e. The van der Waals surface area contributed by atoms with Crippen molar-refractivity contribution in [2.45, 2.75) is 33.2 Å². The van der Waals surface area contributed by atoms with Crippen molar-refractivity contribution in [3.05, 3.63) is 0 Å². The summed E-state index contributed by atoms with van der Waals surface area (Å²) in [6.45, 7) is 8.11. The monoisotopic (exact) mass is 277 g/mol. The number of nitrogens with zero attached hydrogens (tertiary/aromatic N) is 2. The van der Waals surface area contributed by atoms with Crippen LogP contribution in [0.25, 0.3) is 0 Å². The van der Waals surface area contributed by atoms with Crippen molar-refractivity contribution in [3.8, 4) is 0 Å². The van der Waals surface area contributed by atoms with Crippen LogP contribution in [-0.4, -0.2) is 53.8 Å². The molecule has 0 aromatic heterocycles. The average Bonchev–Trinajstić information content (AvgIpc) is 2.27. The van der Waals surface area contributed by atoms with E-state index in [-0.39, 0.29) is 24.2 Å². The topological polar surface area (TPSA) is 66.6 Å². The Kier molecular flexibility index (Phi) is 7.25. The molecule has 1 aliphatic heterocycles. The third kappa shape index (κ3) is 4.82. The van der Waals surface area contributed by atoms with Gasteiger partial charge in [0.15, 0.2) is 0 Å². The Hall–Kier alpha value is -0.810. The van der Waals surface area contributed by atoms with Gasteiger partial charge < -0.3 is 15.5 Å². The molecule has 0 bridgehead atoms. The van der Waals surface area contributed by atoms with Crippen molar-refractivity contribution in [2.75, 3.05) is 26.2 Å². The molecule has 0 radical (unpaired) electrons. The van der Waals surface area contributed by atoms with Gasteiger partial charge in [0.25, 0.3) is 0 Å². The Morgan fingerprint density at radius 3 is 1.94 bits per heavy atom. The lowest BCUT2D eigenvalue weighted by Gasteiger charge is -2.35. The summed E-state index contributed by atoms with van der Waals surface area (Å²) in [6, 6.07) is -0.404. The Bertz CT molecular complexity index is 289. The molecule has 1 fully saturated rings. The van der Waals surface area contributed by atoms with Gasteiger partial charge in [0, 0.05) is 33.1 Å². The maximum absolute atomic E-state index is 12.0. The quantitative estimate of drug-likeness (QED) is 0.816. The van der Waals surface area contributed by atoms with E-state index in [1.807, 2.05) is 0 Å². The molecule has 0 unspecified atom stereocenters. The van der Waals surface area contributed by atoms with E-state index in [9.17, 15) is 9.59 Å². The molecule has 2 N–H and O–H groups in total. The lowest BCUT2D eigenvalue weighted by molar-refractivity contribution is -0.139. The highest BCUT2D eigenvalue weighted by Crippen LogP contribution is 2.08. The van der Waals surface area contributed by atoms with Gasteiger partial charge in [-0.15, -0.1) is 12.4 Å². The molecule has 1 rings (SSSR count). The van der Waals surface area contributed by atoms with E-state index in [4.69, 9.17) is 5.73 Å². The molecule has 0 aromatic rings. The highest BCUT2D eigenvalue weighted by atomic mass is 35.5. The minimum Gasteiger partial charge on any atom is -0.339 e. The summed E-state index contributed by atoms with van der Waals surface area (Å²) >= 11 is 0. The van der Waals surface area contributed by atoms with Crippen LogP contribution in [0.2, 0.25) is 0 Å². The molecular formula is C12H24ClN3O2. The van der Waals surface area contributed by atoms with Crippen molar-refractivity contribution >= 4 is 24.2 Å². The zero-order valence-corrected chi connectivity index (χ0v) is 12.2. The average molecular weight is 278 g/mol. The van der Waals surface area contributed by atoms with Crippen molar-refractivity contribution in [2.24, 2.45) is 11.7 Å². The van der Waals surface area contributed by atoms with Crippen molar-refractivity contribution in [1.29, 1.82) is 0 Å². The second-order valence-corrected chi connectivity index (χ2v) is 5.07. The molecular weight excluding hydrogens is 254 g/mol. The predicted octanol–water partition coefficient (Wildman–Crippen LogP) is 0.472. The van der Waals surface area contributed by atoms with Gasteiger partial charge in [0.05, 0.1) is 6.04 Å².